The molecule has 0 amide bonds. The molecule has 4 nitrogen and oxygen atoms in total. The van der Waals surface area contributed by atoms with Gasteiger partial charge in [0, 0.05) is 6.04 Å². The van der Waals surface area contributed by atoms with Crippen LogP contribution in [0.3, 0.4) is 0 Å². The highest BCUT2D eigenvalue weighted by molar-refractivity contribution is 5.71. The standard InChI is InChI=1S/C11H24N2O2/c1-9(2)15-11(14)8-12-10(3)6-7-13(4)5/h9-10,12H,6-8H2,1-5H3. The summed E-state index contributed by atoms with van der Waals surface area (Å²) in [7, 11) is 4.08. The number of carbonyl (C=O) groups is 1. The highest BCUT2D eigenvalue weighted by Gasteiger charge is 2.07. The largest absolute Gasteiger partial charge is 0.462 e. The smallest absolute Gasteiger partial charge is 0.320 e. The zero-order valence-corrected chi connectivity index (χ0v) is 10.5. The number of hydrogen-bond donors (Lipinski definition) is 1. The van der Waals surface area contributed by atoms with E-state index >= 15 is 0 Å². The van der Waals surface area contributed by atoms with Crippen molar-refractivity contribution in [1.29, 1.82) is 0 Å². The maximum absolute atomic E-state index is 11.2. The molecule has 90 valence electrons. The maximum Gasteiger partial charge on any atom is 0.320 e. The van der Waals surface area contributed by atoms with Crippen molar-refractivity contribution in [2.75, 3.05) is 27.2 Å². The first-order chi connectivity index (χ1) is 6.91. The van der Waals surface area contributed by atoms with Crippen LogP contribution in [0.4, 0.5) is 0 Å². The van der Waals surface area contributed by atoms with Crippen molar-refractivity contribution in [3.8, 4) is 0 Å². The lowest BCUT2D eigenvalue weighted by Gasteiger charge is -2.16. The van der Waals surface area contributed by atoms with Gasteiger partial charge in [-0.3, -0.25) is 4.79 Å². The molecule has 0 aliphatic heterocycles. The number of hydrogen-bond acceptors (Lipinski definition) is 4. The molecule has 0 radical (unpaired) electrons. The Morgan fingerprint density at radius 2 is 1.93 bits per heavy atom. The van der Waals surface area contributed by atoms with Crippen molar-refractivity contribution in [2.24, 2.45) is 0 Å². The van der Waals surface area contributed by atoms with Crippen molar-refractivity contribution in [2.45, 2.75) is 39.3 Å². The predicted molar refractivity (Wildman–Crippen MR) is 61.9 cm³/mol. The van der Waals surface area contributed by atoms with Crippen LogP contribution in [0.25, 0.3) is 0 Å². The van der Waals surface area contributed by atoms with Crippen LogP contribution in [0.1, 0.15) is 27.2 Å². The van der Waals surface area contributed by atoms with Gasteiger partial charge in [0.15, 0.2) is 0 Å². The fraction of sp³-hybridized carbons (Fsp3) is 0.909. The Kier molecular flexibility index (Phi) is 7.34. The number of esters is 1. The van der Waals surface area contributed by atoms with Crippen LogP contribution < -0.4 is 5.32 Å². The van der Waals surface area contributed by atoms with E-state index in [0.717, 1.165) is 13.0 Å². The van der Waals surface area contributed by atoms with E-state index < -0.39 is 0 Å². The minimum atomic E-state index is -0.179. The fourth-order valence-corrected chi connectivity index (χ4v) is 1.12. The highest BCUT2D eigenvalue weighted by Crippen LogP contribution is 1.93. The Morgan fingerprint density at radius 1 is 1.33 bits per heavy atom. The van der Waals surface area contributed by atoms with E-state index in [9.17, 15) is 4.79 Å². The molecule has 0 aromatic heterocycles. The van der Waals surface area contributed by atoms with Gasteiger partial charge in [-0.05, 0) is 47.8 Å². The van der Waals surface area contributed by atoms with Gasteiger partial charge in [-0.2, -0.15) is 0 Å². The minimum absolute atomic E-state index is 0.0311. The van der Waals surface area contributed by atoms with E-state index in [1.807, 2.05) is 27.9 Å². The average molecular weight is 216 g/mol. The van der Waals surface area contributed by atoms with Crippen molar-refractivity contribution in [3.05, 3.63) is 0 Å². The molecule has 0 aromatic carbocycles. The summed E-state index contributed by atoms with van der Waals surface area (Å²) in [5.41, 5.74) is 0. The first-order valence-corrected chi connectivity index (χ1v) is 5.49. The van der Waals surface area contributed by atoms with Crippen molar-refractivity contribution in [3.63, 3.8) is 0 Å². The molecule has 0 rings (SSSR count). The first kappa shape index (κ1) is 14.4. The number of ether oxygens (including phenoxy) is 1. The average Bonchev–Trinajstić information content (AvgIpc) is 2.10. The van der Waals surface area contributed by atoms with Crippen molar-refractivity contribution in [1.82, 2.24) is 10.2 Å². The topological polar surface area (TPSA) is 41.6 Å². The lowest BCUT2D eigenvalue weighted by Crippen LogP contribution is -2.35. The minimum Gasteiger partial charge on any atom is -0.462 e. The Labute approximate surface area is 93.0 Å². The summed E-state index contributed by atoms with van der Waals surface area (Å²) in [6.07, 6.45) is 0.999. The van der Waals surface area contributed by atoms with Gasteiger partial charge in [-0.25, -0.2) is 0 Å². The Bertz CT molecular complexity index is 181. The van der Waals surface area contributed by atoms with Gasteiger partial charge in [0.1, 0.15) is 0 Å². The van der Waals surface area contributed by atoms with Gasteiger partial charge < -0.3 is 15.0 Å². The van der Waals surface area contributed by atoms with Crippen LogP contribution in [-0.4, -0.2) is 50.2 Å². The van der Waals surface area contributed by atoms with Crippen LogP contribution in [-0.2, 0) is 9.53 Å². The van der Waals surface area contributed by atoms with Gasteiger partial charge in [-0.15, -0.1) is 0 Å². The number of nitrogens with zero attached hydrogens (tertiary/aromatic N) is 1. The quantitative estimate of drug-likeness (QED) is 0.641. The summed E-state index contributed by atoms with van der Waals surface area (Å²) in [5, 5.41) is 3.14. The molecule has 0 saturated carbocycles. The number of rotatable bonds is 7. The zero-order chi connectivity index (χ0) is 11.8. The molecule has 0 aromatic rings. The summed E-state index contributed by atoms with van der Waals surface area (Å²) in [6, 6.07) is 0.340. The SMILES string of the molecule is CC(CCN(C)C)NCC(=O)OC(C)C. The van der Waals surface area contributed by atoms with E-state index in [0.29, 0.717) is 12.6 Å². The molecular weight excluding hydrogens is 192 g/mol. The zero-order valence-electron chi connectivity index (χ0n) is 10.5. The van der Waals surface area contributed by atoms with Crippen LogP contribution in [0.2, 0.25) is 0 Å². The Hall–Kier alpha value is -0.610. The van der Waals surface area contributed by atoms with Gasteiger partial charge >= 0.3 is 5.97 Å². The monoisotopic (exact) mass is 216 g/mol. The summed E-state index contributed by atoms with van der Waals surface area (Å²) in [4.78, 5) is 13.3. The Balaban J connectivity index is 3.53. The van der Waals surface area contributed by atoms with Gasteiger partial charge in [0.05, 0.1) is 12.6 Å². The fourth-order valence-electron chi connectivity index (χ4n) is 1.12. The number of nitrogens with one attached hydrogen (secondary N) is 1. The normalized spacial score (nSPS) is 13.3. The second-order valence-corrected chi connectivity index (χ2v) is 4.41. The van der Waals surface area contributed by atoms with E-state index in [4.69, 9.17) is 4.74 Å². The molecule has 15 heavy (non-hydrogen) atoms. The molecule has 0 heterocycles. The lowest BCUT2D eigenvalue weighted by molar-refractivity contribution is -0.146. The van der Waals surface area contributed by atoms with Crippen LogP contribution >= 0.6 is 0 Å². The summed E-state index contributed by atoms with van der Waals surface area (Å²) in [6.45, 7) is 7.10. The summed E-state index contributed by atoms with van der Waals surface area (Å²) < 4.78 is 5.01. The van der Waals surface area contributed by atoms with Crippen LogP contribution in [0, 0.1) is 0 Å². The molecular formula is C11H24N2O2. The van der Waals surface area contributed by atoms with Crippen molar-refractivity contribution < 1.29 is 9.53 Å². The predicted octanol–water partition coefficient (Wildman–Crippen LogP) is 0.868. The molecule has 0 fully saturated rings. The van der Waals surface area contributed by atoms with Gasteiger partial charge in [0.25, 0.3) is 0 Å². The van der Waals surface area contributed by atoms with Gasteiger partial charge in [0.2, 0.25) is 0 Å². The molecule has 4 heteroatoms. The van der Waals surface area contributed by atoms with E-state index in [-0.39, 0.29) is 12.1 Å². The summed E-state index contributed by atoms with van der Waals surface area (Å²) >= 11 is 0. The van der Waals surface area contributed by atoms with Gasteiger partial charge in [-0.1, -0.05) is 0 Å². The lowest BCUT2D eigenvalue weighted by atomic mass is 10.2. The van der Waals surface area contributed by atoms with Crippen LogP contribution in [0.15, 0.2) is 0 Å². The second-order valence-electron chi connectivity index (χ2n) is 4.41. The van der Waals surface area contributed by atoms with Crippen LogP contribution in [0.5, 0.6) is 0 Å². The molecule has 0 saturated heterocycles. The molecule has 1 N–H and O–H groups in total. The van der Waals surface area contributed by atoms with E-state index in [1.165, 1.54) is 0 Å². The third-order valence-corrected chi connectivity index (χ3v) is 1.97. The molecule has 0 bridgehead atoms. The molecule has 1 atom stereocenters. The van der Waals surface area contributed by atoms with E-state index in [2.05, 4.69) is 17.1 Å². The molecule has 0 spiro atoms. The third-order valence-electron chi connectivity index (χ3n) is 1.97. The maximum atomic E-state index is 11.2. The van der Waals surface area contributed by atoms with Crippen molar-refractivity contribution >= 4 is 5.97 Å². The van der Waals surface area contributed by atoms with E-state index in [1.54, 1.807) is 0 Å². The first-order valence-electron chi connectivity index (χ1n) is 5.49. The summed E-state index contributed by atoms with van der Waals surface area (Å²) in [5.74, 6) is -0.179. The number of carbonyl (C=O) groups excluding carboxylic acids is 1. The molecule has 0 aliphatic rings. The second kappa shape index (κ2) is 7.65. The highest BCUT2D eigenvalue weighted by atomic mass is 16.5. The Morgan fingerprint density at radius 3 is 2.40 bits per heavy atom. The molecule has 0 aliphatic carbocycles. The molecule has 1 unspecified atom stereocenters. The third kappa shape index (κ3) is 9.69.